The van der Waals surface area contributed by atoms with Gasteiger partial charge in [-0.3, -0.25) is 14.4 Å². The minimum atomic E-state index is -0.770. The normalized spacial score (nSPS) is 18.2. The first-order valence-corrected chi connectivity index (χ1v) is 14.8. The number of hydrogen-bond donors (Lipinski definition) is 2. The molecule has 40 heavy (non-hydrogen) atoms. The number of nitrogens with two attached hydrogens (primary N) is 1. The fraction of sp³-hybridized carbons (Fsp3) is 0.600. The number of hydrogen-bond acceptors (Lipinski definition) is 9. The number of thiazole rings is 1. The Labute approximate surface area is 241 Å². The summed E-state index contributed by atoms with van der Waals surface area (Å²) in [7, 11) is 0. The van der Waals surface area contributed by atoms with Crippen molar-refractivity contribution < 1.29 is 29.0 Å². The van der Waals surface area contributed by atoms with Gasteiger partial charge in [-0.2, -0.15) is 0 Å². The Bertz CT molecular complexity index is 1130. The Morgan fingerprint density at radius 2 is 1.85 bits per heavy atom. The molecule has 0 spiro atoms. The molecule has 0 radical (unpaired) electrons. The predicted octanol–water partition coefficient (Wildman–Crippen LogP) is 3.20. The molecule has 0 bridgehead atoms. The molecule has 2 heterocycles. The molecule has 3 rings (SSSR count). The summed E-state index contributed by atoms with van der Waals surface area (Å²) in [6.45, 7) is 9.15. The van der Waals surface area contributed by atoms with Crippen molar-refractivity contribution >= 4 is 28.8 Å². The van der Waals surface area contributed by atoms with Gasteiger partial charge < -0.3 is 25.2 Å². The van der Waals surface area contributed by atoms with E-state index >= 15 is 0 Å². The predicted molar refractivity (Wildman–Crippen MR) is 155 cm³/mol. The second kappa shape index (κ2) is 14.9. The van der Waals surface area contributed by atoms with Crippen LogP contribution in [-0.2, 0) is 30.3 Å². The van der Waals surface area contributed by atoms with Gasteiger partial charge in [0.05, 0.1) is 48.0 Å². The van der Waals surface area contributed by atoms with Gasteiger partial charge in [0.2, 0.25) is 5.91 Å². The largest absolute Gasteiger partial charge is 0.391 e. The van der Waals surface area contributed by atoms with Crippen LogP contribution in [-0.4, -0.2) is 84.1 Å². The molecule has 1 amide bonds. The summed E-state index contributed by atoms with van der Waals surface area (Å²) in [5, 5.41) is 10.4. The van der Waals surface area contributed by atoms with E-state index in [4.69, 9.17) is 15.2 Å². The van der Waals surface area contributed by atoms with Crippen LogP contribution in [0.1, 0.15) is 51.3 Å². The summed E-state index contributed by atoms with van der Waals surface area (Å²) in [5.74, 6) is -1.18. The van der Waals surface area contributed by atoms with Crippen molar-refractivity contribution in [1.82, 2.24) is 9.88 Å². The molecular formula is C30H43N3O6S. The van der Waals surface area contributed by atoms with E-state index in [2.05, 4.69) is 4.98 Å². The number of carbonyl (C=O) groups excluding carboxylic acids is 3. The zero-order chi connectivity index (χ0) is 29.3. The number of amides is 1. The van der Waals surface area contributed by atoms with Gasteiger partial charge in [0.25, 0.3) is 0 Å². The lowest BCUT2D eigenvalue weighted by Gasteiger charge is -2.34. The van der Waals surface area contributed by atoms with Crippen molar-refractivity contribution in [2.24, 2.45) is 17.1 Å². The molecule has 1 aromatic carbocycles. The smallest absolute Gasteiger partial charge is 0.227 e. The minimum absolute atomic E-state index is 0.00504. The number of carbonyl (C=O) groups is 3. The molecule has 0 saturated carbocycles. The van der Waals surface area contributed by atoms with Gasteiger partial charge in [0, 0.05) is 38.3 Å². The van der Waals surface area contributed by atoms with Crippen LogP contribution in [0.2, 0.25) is 0 Å². The Morgan fingerprint density at radius 3 is 2.48 bits per heavy atom. The zero-order valence-corrected chi connectivity index (χ0v) is 24.9. The van der Waals surface area contributed by atoms with Crippen molar-refractivity contribution in [3.05, 3.63) is 41.0 Å². The second-order valence-corrected chi connectivity index (χ2v) is 12.3. The van der Waals surface area contributed by atoms with Crippen molar-refractivity contribution in [3.63, 3.8) is 0 Å². The number of ketones is 2. The molecule has 10 heteroatoms. The van der Waals surface area contributed by atoms with Gasteiger partial charge in [0.1, 0.15) is 6.61 Å². The van der Waals surface area contributed by atoms with Gasteiger partial charge in [0.15, 0.2) is 11.6 Å². The summed E-state index contributed by atoms with van der Waals surface area (Å²) in [6.07, 6.45) is 0.256. The lowest BCUT2D eigenvalue weighted by molar-refractivity contribution is -0.146. The highest BCUT2D eigenvalue weighted by atomic mass is 32.1. The van der Waals surface area contributed by atoms with E-state index < -0.39 is 23.5 Å². The van der Waals surface area contributed by atoms with Crippen LogP contribution in [0.25, 0.3) is 10.4 Å². The number of Topliss-reactive ketones (excluding diaryl/α,β-unsaturated/α-hetero) is 2. The number of benzene rings is 1. The van der Waals surface area contributed by atoms with E-state index in [1.165, 1.54) is 4.90 Å². The monoisotopic (exact) mass is 573 g/mol. The van der Waals surface area contributed by atoms with Gasteiger partial charge in [-0.15, -0.1) is 11.3 Å². The Morgan fingerprint density at radius 1 is 1.15 bits per heavy atom. The summed E-state index contributed by atoms with van der Waals surface area (Å²) in [5.41, 5.74) is 9.81. The van der Waals surface area contributed by atoms with Crippen LogP contribution in [0.3, 0.4) is 0 Å². The highest BCUT2D eigenvalue weighted by Crippen LogP contribution is 2.34. The zero-order valence-electron chi connectivity index (χ0n) is 24.1. The van der Waals surface area contributed by atoms with E-state index in [1.807, 2.05) is 57.5 Å². The molecule has 3 atom stereocenters. The quantitative estimate of drug-likeness (QED) is 0.311. The first-order chi connectivity index (χ1) is 19.0. The number of likely N-dealkylation sites (tertiary alicyclic amines) is 1. The average molecular weight is 574 g/mol. The van der Waals surface area contributed by atoms with E-state index in [1.54, 1.807) is 11.3 Å². The van der Waals surface area contributed by atoms with E-state index in [0.29, 0.717) is 26.2 Å². The summed E-state index contributed by atoms with van der Waals surface area (Å²) in [4.78, 5) is 46.6. The highest BCUT2D eigenvalue weighted by Gasteiger charge is 2.44. The molecule has 1 saturated heterocycles. The standard InChI is InChI=1S/C30H43N3O6S/c1-20-28(40-19-32-20)22-8-5-21(6-9-22)7-10-27(36)26-16-23(34)17-33(26)29(37)25(30(2,3)4)15-24(35)18-39-14-13-38-12-11-31/h5-6,8-9,19,23,25-26,34H,7,10-18,31H2,1-4H3/t23-,25-,26+/m1/s1. The first kappa shape index (κ1) is 32.0. The molecule has 1 aliphatic rings. The van der Waals surface area contributed by atoms with Crippen molar-refractivity contribution in [1.29, 1.82) is 0 Å². The van der Waals surface area contributed by atoms with Crippen molar-refractivity contribution in [3.8, 4) is 10.4 Å². The lowest BCUT2D eigenvalue weighted by atomic mass is 9.76. The number of β-amino-alcohol motifs (C(OH)–C–C–N with tert-alkyl or cyclic N) is 1. The fourth-order valence-electron chi connectivity index (χ4n) is 4.94. The third-order valence-corrected chi connectivity index (χ3v) is 8.21. The van der Waals surface area contributed by atoms with Crippen LogP contribution >= 0.6 is 11.3 Å². The number of aliphatic hydroxyl groups excluding tert-OH is 1. The van der Waals surface area contributed by atoms with Crippen LogP contribution in [0.5, 0.6) is 0 Å². The molecule has 220 valence electrons. The van der Waals surface area contributed by atoms with Gasteiger partial charge >= 0.3 is 0 Å². The summed E-state index contributed by atoms with van der Waals surface area (Å²) < 4.78 is 10.7. The maximum absolute atomic E-state index is 13.7. The van der Waals surface area contributed by atoms with Crippen LogP contribution in [0, 0.1) is 18.3 Å². The van der Waals surface area contributed by atoms with Crippen LogP contribution in [0.4, 0.5) is 0 Å². The number of aryl methyl sites for hydroxylation is 2. The van der Waals surface area contributed by atoms with Crippen LogP contribution in [0.15, 0.2) is 29.8 Å². The molecule has 2 aromatic rings. The highest BCUT2D eigenvalue weighted by molar-refractivity contribution is 7.13. The van der Waals surface area contributed by atoms with Crippen molar-refractivity contribution in [2.75, 3.05) is 39.5 Å². The van der Waals surface area contributed by atoms with E-state index in [0.717, 1.165) is 21.7 Å². The van der Waals surface area contributed by atoms with Crippen molar-refractivity contribution in [2.45, 2.75) is 65.5 Å². The molecule has 0 aliphatic carbocycles. The van der Waals surface area contributed by atoms with Gasteiger partial charge in [-0.05, 0) is 29.9 Å². The molecular weight excluding hydrogens is 530 g/mol. The molecule has 3 N–H and O–H groups in total. The number of aliphatic hydroxyl groups is 1. The molecule has 1 fully saturated rings. The lowest BCUT2D eigenvalue weighted by Crippen LogP contribution is -2.47. The third-order valence-electron chi connectivity index (χ3n) is 7.23. The molecule has 1 aromatic heterocycles. The Kier molecular flexibility index (Phi) is 12.0. The van der Waals surface area contributed by atoms with E-state index in [-0.39, 0.29) is 56.5 Å². The number of aromatic nitrogens is 1. The maximum Gasteiger partial charge on any atom is 0.227 e. The topological polar surface area (TPSA) is 132 Å². The van der Waals surface area contributed by atoms with Crippen LogP contribution < -0.4 is 5.73 Å². The average Bonchev–Trinajstić information content (AvgIpc) is 3.52. The fourth-order valence-corrected chi connectivity index (χ4v) is 5.75. The third kappa shape index (κ3) is 9.01. The first-order valence-electron chi connectivity index (χ1n) is 13.9. The molecule has 9 nitrogen and oxygen atoms in total. The van der Waals surface area contributed by atoms with E-state index in [9.17, 15) is 19.5 Å². The Balaban J connectivity index is 1.59. The molecule has 1 aliphatic heterocycles. The Hall–Kier alpha value is -2.50. The number of ether oxygens (including phenoxy) is 2. The summed E-state index contributed by atoms with van der Waals surface area (Å²) in [6, 6.07) is 7.41. The minimum Gasteiger partial charge on any atom is -0.391 e. The van der Waals surface area contributed by atoms with Gasteiger partial charge in [-0.25, -0.2) is 4.98 Å². The number of nitrogens with zero attached hydrogens (tertiary/aromatic N) is 2. The second-order valence-electron chi connectivity index (χ2n) is 11.4. The molecule has 0 unspecified atom stereocenters. The SMILES string of the molecule is Cc1ncsc1-c1ccc(CCC(=O)[C@@H]2C[C@@H](O)CN2C(=O)[C@@H](CC(=O)COCCOCCN)C(C)(C)C)cc1. The number of rotatable bonds is 15. The van der Waals surface area contributed by atoms with Gasteiger partial charge in [-0.1, -0.05) is 45.0 Å². The maximum atomic E-state index is 13.7. The summed E-state index contributed by atoms with van der Waals surface area (Å²) >= 11 is 1.60.